The molecular weight excluding hydrogens is 377 g/mol. The van der Waals surface area contributed by atoms with Crippen LogP contribution in [0.5, 0.6) is 0 Å². The van der Waals surface area contributed by atoms with Crippen LogP contribution in [-0.4, -0.2) is 15.7 Å². The highest BCUT2D eigenvalue weighted by molar-refractivity contribution is 14.1. The molecule has 1 aromatic heterocycles. The molecule has 0 saturated carbocycles. The first-order chi connectivity index (χ1) is 10.2. The number of para-hydroxylation sites is 1. The zero-order valence-corrected chi connectivity index (χ0v) is 13.2. The van der Waals surface area contributed by atoms with Gasteiger partial charge in [0.15, 0.2) is 5.82 Å². The van der Waals surface area contributed by atoms with E-state index in [1.165, 1.54) is 0 Å². The topological polar surface area (TPSA) is 46.9 Å². The van der Waals surface area contributed by atoms with Crippen molar-refractivity contribution < 1.29 is 4.79 Å². The number of aromatic nitrogens is 2. The van der Waals surface area contributed by atoms with E-state index in [0.29, 0.717) is 11.4 Å². The van der Waals surface area contributed by atoms with Crippen molar-refractivity contribution in [2.24, 2.45) is 0 Å². The van der Waals surface area contributed by atoms with Gasteiger partial charge in [0.2, 0.25) is 0 Å². The normalized spacial score (nSPS) is 10.3. The molecule has 3 rings (SSSR count). The van der Waals surface area contributed by atoms with Crippen molar-refractivity contribution in [3.8, 4) is 5.69 Å². The van der Waals surface area contributed by atoms with Crippen LogP contribution < -0.4 is 5.32 Å². The van der Waals surface area contributed by atoms with Crippen LogP contribution in [0.3, 0.4) is 0 Å². The fourth-order valence-corrected chi connectivity index (χ4v) is 2.26. The highest BCUT2D eigenvalue weighted by Gasteiger charge is 2.08. The lowest BCUT2D eigenvalue weighted by atomic mass is 10.2. The Kier molecular flexibility index (Phi) is 4.01. The van der Waals surface area contributed by atoms with Crippen LogP contribution in [0, 0.1) is 3.57 Å². The van der Waals surface area contributed by atoms with E-state index in [9.17, 15) is 4.79 Å². The number of hydrogen-bond acceptors (Lipinski definition) is 2. The van der Waals surface area contributed by atoms with E-state index < -0.39 is 0 Å². The predicted octanol–water partition coefficient (Wildman–Crippen LogP) is 3.73. The number of carbonyl (C=O) groups excluding carboxylic acids is 1. The van der Waals surface area contributed by atoms with Crippen molar-refractivity contribution in [3.05, 3.63) is 76.0 Å². The molecule has 0 radical (unpaired) electrons. The van der Waals surface area contributed by atoms with Gasteiger partial charge < -0.3 is 5.32 Å². The van der Waals surface area contributed by atoms with Gasteiger partial charge in [0.1, 0.15) is 0 Å². The molecule has 1 heterocycles. The van der Waals surface area contributed by atoms with Gasteiger partial charge in [0.05, 0.1) is 5.69 Å². The first-order valence-electron chi connectivity index (χ1n) is 6.40. The molecule has 2 aromatic carbocycles. The van der Waals surface area contributed by atoms with Crippen molar-refractivity contribution in [1.29, 1.82) is 0 Å². The van der Waals surface area contributed by atoms with Crippen molar-refractivity contribution in [1.82, 2.24) is 9.78 Å². The minimum absolute atomic E-state index is 0.162. The van der Waals surface area contributed by atoms with Crippen molar-refractivity contribution in [3.63, 3.8) is 0 Å². The van der Waals surface area contributed by atoms with Crippen LogP contribution in [0.2, 0.25) is 0 Å². The molecule has 104 valence electrons. The Morgan fingerprint density at radius 1 is 1.00 bits per heavy atom. The summed E-state index contributed by atoms with van der Waals surface area (Å²) in [6.07, 6.45) is 1.82. The Labute approximate surface area is 135 Å². The van der Waals surface area contributed by atoms with Crippen molar-refractivity contribution in [2.45, 2.75) is 0 Å². The van der Waals surface area contributed by atoms with Crippen molar-refractivity contribution >= 4 is 34.3 Å². The molecule has 0 aliphatic carbocycles. The van der Waals surface area contributed by atoms with E-state index in [-0.39, 0.29) is 5.91 Å². The Bertz CT molecular complexity index is 751. The molecule has 1 amide bonds. The van der Waals surface area contributed by atoms with Gasteiger partial charge in [-0.3, -0.25) is 4.79 Å². The Morgan fingerprint density at radius 2 is 1.71 bits per heavy atom. The number of carbonyl (C=O) groups is 1. The summed E-state index contributed by atoms with van der Waals surface area (Å²) >= 11 is 2.21. The van der Waals surface area contributed by atoms with E-state index in [1.54, 1.807) is 22.9 Å². The molecule has 0 unspecified atom stereocenters. The summed E-state index contributed by atoms with van der Waals surface area (Å²) in [5.74, 6) is 0.368. The fourth-order valence-electron chi connectivity index (χ4n) is 1.90. The number of hydrogen-bond donors (Lipinski definition) is 1. The third kappa shape index (κ3) is 3.30. The zero-order chi connectivity index (χ0) is 14.7. The highest BCUT2D eigenvalue weighted by Crippen LogP contribution is 2.12. The fraction of sp³-hybridized carbons (Fsp3) is 0. The summed E-state index contributed by atoms with van der Waals surface area (Å²) in [4.78, 5) is 12.1. The van der Waals surface area contributed by atoms with Gasteiger partial charge >= 0.3 is 0 Å². The summed E-state index contributed by atoms with van der Waals surface area (Å²) in [6, 6.07) is 18.9. The maximum absolute atomic E-state index is 12.1. The number of anilines is 1. The molecule has 0 atom stereocenters. The first kappa shape index (κ1) is 13.8. The lowest BCUT2D eigenvalue weighted by Gasteiger charge is -2.03. The second kappa shape index (κ2) is 6.09. The highest BCUT2D eigenvalue weighted by atomic mass is 127. The maximum Gasteiger partial charge on any atom is 0.256 e. The number of rotatable bonds is 3. The maximum atomic E-state index is 12.1. The second-order valence-corrected chi connectivity index (χ2v) is 5.69. The molecule has 0 aliphatic heterocycles. The van der Waals surface area contributed by atoms with Gasteiger partial charge in [0, 0.05) is 21.4 Å². The monoisotopic (exact) mass is 389 g/mol. The van der Waals surface area contributed by atoms with Crippen molar-refractivity contribution in [2.75, 3.05) is 5.32 Å². The second-order valence-electron chi connectivity index (χ2n) is 4.44. The largest absolute Gasteiger partial charge is 0.305 e. The van der Waals surface area contributed by atoms with Crippen LogP contribution in [0.1, 0.15) is 10.4 Å². The molecule has 3 aromatic rings. The zero-order valence-electron chi connectivity index (χ0n) is 11.0. The first-order valence-corrected chi connectivity index (χ1v) is 7.48. The summed E-state index contributed by atoms with van der Waals surface area (Å²) in [6.45, 7) is 0. The third-order valence-electron chi connectivity index (χ3n) is 2.96. The molecule has 0 fully saturated rings. The van der Waals surface area contributed by atoms with E-state index >= 15 is 0 Å². The number of benzene rings is 2. The summed E-state index contributed by atoms with van der Waals surface area (Å²) in [7, 11) is 0. The summed E-state index contributed by atoms with van der Waals surface area (Å²) < 4.78 is 2.82. The molecule has 1 N–H and O–H groups in total. The van der Waals surface area contributed by atoms with E-state index in [0.717, 1.165) is 9.26 Å². The van der Waals surface area contributed by atoms with Crippen LogP contribution >= 0.6 is 22.6 Å². The third-order valence-corrected chi connectivity index (χ3v) is 3.68. The van der Waals surface area contributed by atoms with Gasteiger partial charge in [-0.25, -0.2) is 4.68 Å². The molecule has 0 bridgehead atoms. The van der Waals surface area contributed by atoms with E-state index in [4.69, 9.17) is 0 Å². The van der Waals surface area contributed by atoms with Crippen LogP contribution in [-0.2, 0) is 0 Å². The minimum Gasteiger partial charge on any atom is -0.305 e. The molecule has 4 nitrogen and oxygen atoms in total. The Morgan fingerprint density at radius 3 is 2.43 bits per heavy atom. The molecule has 0 saturated heterocycles. The van der Waals surface area contributed by atoms with Gasteiger partial charge in [-0.2, -0.15) is 5.10 Å². The SMILES string of the molecule is O=C(Nc1ccn(-c2ccccc2)n1)c1ccc(I)cc1. The standard InChI is InChI=1S/C16H12IN3O/c17-13-8-6-12(7-9-13)16(21)18-15-10-11-20(19-15)14-4-2-1-3-5-14/h1-11H,(H,18,19,21). The number of halogens is 1. The van der Waals surface area contributed by atoms with Gasteiger partial charge in [-0.15, -0.1) is 0 Å². The molecule has 5 heteroatoms. The summed E-state index contributed by atoms with van der Waals surface area (Å²) in [5.41, 5.74) is 1.57. The Hall–Kier alpha value is -2.15. The molecule has 0 aliphatic rings. The lowest BCUT2D eigenvalue weighted by molar-refractivity contribution is 0.102. The molecule has 21 heavy (non-hydrogen) atoms. The van der Waals surface area contributed by atoms with Crippen LogP contribution in [0.25, 0.3) is 5.69 Å². The summed E-state index contributed by atoms with van der Waals surface area (Å²) in [5, 5.41) is 7.14. The van der Waals surface area contributed by atoms with Gasteiger partial charge in [-0.1, -0.05) is 18.2 Å². The average Bonchev–Trinajstić information content (AvgIpc) is 2.97. The average molecular weight is 389 g/mol. The van der Waals surface area contributed by atoms with Gasteiger partial charge in [0.25, 0.3) is 5.91 Å². The lowest BCUT2D eigenvalue weighted by Crippen LogP contribution is -2.12. The van der Waals surface area contributed by atoms with Crippen LogP contribution in [0.15, 0.2) is 66.9 Å². The number of nitrogens with zero attached hydrogens (tertiary/aromatic N) is 2. The smallest absolute Gasteiger partial charge is 0.256 e. The molecular formula is C16H12IN3O. The van der Waals surface area contributed by atoms with E-state index in [2.05, 4.69) is 33.0 Å². The Balaban J connectivity index is 1.75. The van der Waals surface area contributed by atoms with Gasteiger partial charge in [-0.05, 0) is 59.0 Å². The number of amides is 1. The predicted molar refractivity (Wildman–Crippen MR) is 90.7 cm³/mol. The van der Waals surface area contributed by atoms with Crippen LogP contribution in [0.4, 0.5) is 5.82 Å². The minimum atomic E-state index is -0.162. The molecule has 0 spiro atoms. The number of nitrogens with one attached hydrogen (secondary N) is 1. The van der Waals surface area contributed by atoms with E-state index in [1.807, 2.05) is 48.7 Å². The quantitative estimate of drug-likeness (QED) is 0.694.